The van der Waals surface area contributed by atoms with Crippen LogP contribution >= 0.6 is 0 Å². The molecule has 0 radical (unpaired) electrons. The van der Waals surface area contributed by atoms with Gasteiger partial charge in [-0.05, 0) is 37.7 Å². The molecule has 5 heteroatoms. The zero-order valence-corrected chi connectivity index (χ0v) is 12.3. The lowest BCUT2D eigenvalue weighted by Crippen LogP contribution is -2.26. The van der Waals surface area contributed by atoms with Crippen LogP contribution in [0.4, 0.5) is 0 Å². The molecule has 1 aliphatic rings. The Hall–Kier alpha value is -1.72. The van der Waals surface area contributed by atoms with Gasteiger partial charge in [-0.1, -0.05) is 35.5 Å². The second-order valence-electron chi connectivity index (χ2n) is 5.66. The summed E-state index contributed by atoms with van der Waals surface area (Å²) in [7, 11) is 1.71. The number of hydrogen-bond donors (Lipinski definition) is 1. The number of rotatable bonds is 5. The van der Waals surface area contributed by atoms with Crippen LogP contribution in [0.5, 0.6) is 0 Å². The van der Waals surface area contributed by atoms with Crippen molar-refractivity contribution in [2.75, 3.05) is 7.11 Å². The molecule has 0 spiro atoms. The van der Waals surface area contributed by atoms with Crippen molar-refractivity contribution >= 4 is 0 Å². The van der Waals surface area contributed by atoms with E-state index in [0.29, 0.717) is 18.1 Å². The van der Waals surface area contributed by atoms with Crippen molar-refractivity contribution in [1.82, 2.24) is 10.1 Å². The second kappa shape index (κ2) is 5.95. The predicted molar refractivity (Wildman–Crippen MR) is 78.5 cm³/mol. The minimum absolute atomic E-state index is 0.288. The lowest BCUT2D eigenvalue weighted by Gasteiger charge is -2.22. The van der Waals surface area contributed by atoms with Gasteiger partial charge in [0, 0.05) is 7.11 Å². The summed E-state index contributed by atoms with van der Waals surface area (Å²) in [4.78, 5) is 4.50. The van der Waals surface area contributed by atoms with Gasteiger partial charge in [-0.3, -0.25) is 0 Å². The van der Waals surface area contributed by atoms with Crippen molar-refractivity contribution in [2.45, 2.75) is 43.7 Å². The molecular formula is C16H21N3O2. The summed E-state index contributed by atoms with van der Waals surface area (Å²) < 4.78 is 11.0. The molecule has 1 saturated carbocycles. The molecule has 0 amide bonds. The van der Waals surface area contributed by atoms with E-state index in [0.717, 1.165) is 31.2 Å². The smallest absolute Gasteiger partial charge is 0.244 e. The van der Waals surface area contributed by atoms with E-state index in [2.05, 4.69) is 10.1 Å². The molecule has 1 atom stereocenters. The van der Waals surface area contributed by atoms with Gasteiger partial charge < -0.3 is 15.0 Å². The van der Waals surface area contributed by atoms with Crippen LogP contribution in [0.3, 0.4) is 0 Å². The Labute approximate surface area is 124 Å². The van der Waals surface area contributed by atoms with Crippen LogP contribution in [0.25, 0.3) is 0 Å². The molecule has 0 aliphatic heterocycles. The molecule has 5 nitrogen and oxygen atoms in total. The van der Waals surface area contributed by atoms with Crippen LogP contribution in [-0.4, -0.2) is 17.3 Å². The molecule has 2 N–H and O–H groups in total. The molecule has 3 rings (SSSR count). The van der Waals surface area contributed by atoms with Gasteiger partial charge in [0.25, 0.3) is 0 Å². The highest BCUT2D eigenvalue weighted by Gasteiger charge is 2.40. The number of benzene rings is 1. The average molecular weight is 287 g/mol. The zero-order valence-electron chi connectivity index (χ0n) is 12.3. The maximum absolute atomic E-state index is 6.19. The molecule has 112 valence electrons. The van der Waals surface area contributed by atoms with Crippen molar-refractivity contribution in [2.24, 2.45) is 5.73 Å². The molecule has 2 aromatic rings. The van der Waals surface area contributed by atoms with Crippen molar-refractivity contribution in [3.05, 3.63) is 47.6 Å². The molecule has 0 bridgehead atoms. The first kappa shape index (κ1) is 14.2. The fourth-order valence-electron chi connectivity index (χ4n) is 2.99. The quantitative estimate of drug-likeness (QED) is 0.915. The van der Waals surface area contributed by atoms with E-state index in [-0.39, 0.29) is 11.6 Å². The number of nitrogens with zero attached hydrogens (tertiary/aromatic N) is 2. The Morgan fingerprint density at radius 1 is 1.29 bits per heavy atom. The minimum Gasteiger partial charge on any atom is -0.370 e. The average Bonchev–Trinajstić information content (AvgIpc) is 3.18. The van der Waals surface area contributed by atoms with Crippen LogP contribution in [0.15, 0.2) is 34.9 Å². The monoisotopic (exact) mass is 287 g/mol. The standard InChI is InChI=1S/C16H21N3O2/c1-20-16(9-5-6-10-16)15-18-14(21-19-15)13(17)11-12-7-3-2-4-8-12/h2-4,7-8,13H,5-6,9-11,17H2,1H3. The van der Waals surface area contributed by atoms with Gasteiger partial charge in [0.2, 0.25) is 11.7 Å². The van der Waals surface area contributed by atoms with Crippen LogP contribution in [0.2, 0.25) is 0 Å². The molecule has 1 unspecified atom stereocenters. The van der Waals surface area contributed by atoms with Crippen molar-refractivity contribution < 1.29 is 9.26 Å². The number of ether oxygens (including phenoxy) is 1. The van der Waals surface area contributed by atoms with E-state index >= 15 is 0 Å². The number of nitrogens with two attached hydrogens (primary N) is 1. The third kappa shape index (κ3) is 2.84. The predicted octanol–water partition coefficient (Wildman–Crippen LogP) is 2.73. The highest BCUT2D eigenvalue weighted by Crippen LogP contribution is 2.40. The third-order valence-electron chi connectivity index (χ3n) is 4.27. The van der Waals surface area contributed by atoms with Gasteiger partial charge in [0.05, 0.1) is 6.04 Å². The van der Waals surface area contributed by atoms with Gasteiger partial charge in [-0.15, -0.1) is 0 Å². The van der Waals surface area contributed by atoms with Gasteiger partial charge in [-0.2, -0.15) is 4.98 Å². The summed E-state index contributed by atoms with van der Waals surface area (Å²) in [6, 6.07) is 9.79. The van der Waals surface area contributed by atoms with E-state index in [9.17, 15) is 0 Å². The molecule has 1 fully saturated rings. The largest absolute Gasteiger partial charge is 0.370 e. The summed E-state index contributed by atoms with van der Waals surface area (Å²) in [5.41, 5.74) is 6.97. The highest BCUT2D eigenvalue weighted by molar-refractivity contribution is 5.17. The molecular weight excluding hydrogens is 266 g/mol. The molecule has 21 heavy (non-hydrogen) atoms. The second-order valence-corrected chi connectivity index (χ2v) is 5.66. The maximum Gasteiger partial charge on any atom is 0.244 e. The van der Waals surface area contributed by atoms with Crippen molar-refractivity contribution in [1.29, 1.82) is 0 Å². The Kier molecular flexibility index (Phi) is 4.03. The van der Waals surface area contributed by atoms with E-state index in [4.69, 9.17) is 15.0 Å². The Morgan fingerprint density at radius 3 is 2.67 bits per heavy atom. The van der Waals surface area contributed by atoms with E-state index < -0.39 is 0 Å². The van der Waals surface area contributed by atoms with Gasteiger partial charge in [0.15, 0.2) is 0 Å². The fourth-order valence-corrected chi connectivity index (χ4v) is 2.99. The molecule has 1 aromatic carbocycles. The number of hydrogen-bond acceptors (Lipinski definition) is 5. The Bertz CT molecular complexity index is 576. The highest BCUT2D eigenvalue weighted by atomic mass is 16.5. The fraction of sp³-hybridized carbons (Fsp3) is 0.500. The summed E-state index contributed by atoms with van der Waals surface area (Å²) in [5, 5.41) is 4.11. The van der Waals surface area contributed by atoms with Crippen LogP contribution in [0.1, 0.15) is 49.0 Å². The maximum atomic E-state index is 6.19. The first-order valence-electron chi connectivity index (χ1n) is 7.42. The van der Waals surface area contributed by atoms with Gasteiger partial charge >= 0.3 is 0 Å². The summed E-state index contributed by atoms with van der Waals surface area (Å²) in [5.74, 6) is 1.12. The van der Waals surface area contributed by atoms with Crippen molar-refractivity contribution in [3.63, 3.8) is 0 Å². The van der Waals surface area contributed by atoms with Crippen molar-refractivity contribution in [3.8, 4) is 0 Å². The first-order chi connectivity index (χ1) is 10.2. The van der Waals surface area contributed by atoms with Crippen LogP contribution < -0.4 is 5.73 Å². The normalized spacial score (nSPS) is 18.8. The summed E-state index contributed by atoms with van der Waals surface area (Å²) in [6.45, 7) is 0. The lowest BCUT2D eigenvalue weighted by molar-refractivity contribution is -0.0178. The van der Waals surface area contributed by atoms with E-state index in [1.807, 2.05) is 30.3 Å². The van der Waals surface area contributed by atoms with Gasteiger partial charge in [0.1, 0.15) is 5.60 Å². The molecule has 1 heterocycles. The van der Waals surface area contributed by atoms with Crippen LogP contribution in [-0.2, 0) is 16.8 Å². The number of aromatic nitrogens is 2. The van der Waals surface area contributed by atoms with E-state index in [1.165, 1.54) is 0 Å². The third-order valence-corrected chi connectivity index (χ3v) is 4.27. The van der Waals surface area contributed by atoms with Crippen LogP contribution in [0, 0.1) is 0 Å². The summed E-state index contributed by atoms with van der Waals surface area (Å²) >= 11 is 0. The Morgan fingerprint density at radius 2 is 2.00 bits per heavy atom. The minimum atomic E-state index is -0.381. The Balaban J connectivity index is 1.75. The molecule has 0 saturated heterocycles. The molecule has 1 aromatic heterocycles. The SMILES string of the molecule is COC1(c2noc(C(N)Cc3ccccc3)n2)CCCC1. The summed E-state index contributed by atoms with van der Waals surface area (Å²) in [6.07, 6.45) is 4.83. The van der Waals surface area contributed by atoms with E-state index in [1.54, 1.807) is 7.11 Å². The topological polar surface area (TPSA) is 74.2 Å². The zero-order chi connectivity index (χ0) is 14.7. The number of methoxy groups -OCH3 is 1. The lowest BCUT2D eigenvalue weighted by atomic mass is 10.0. The molecule has 1 aliphatic carbocycles. The first-order valence-corrected chi connectivity index (χ1v) is 7.42. The van der Waals surface area contributed by atoms with Gasteiger partial charge in [-0.25, -0.2) is 0 Å².